The topological polar surface area (TPSA) is 94.4 Å². The zero-order valence-corrected chi connectivity index (χ0v) is 19.0. The highest BCUT2D eigenvalue weighted by Crippen LogP contribution is 2.23. The average molecular weight is 453 g/mol. The summed E-state index contributed by atoms with van der Waals surface area (Å²) in [5, 5.41) is 0.942. The van der Waals surface area contributed by atoms with Gasteiger partial charge in [-0.1, -0.05) is 31.2 Å². The van der Waals surface area contributed by atoms with Gasteiger partial charge in [-0.05, 0) is 36.8 Å². The standard InChI is InChI=1S/C23H24N4O4S/c1-4-13-27-21-12-10-17(32(29,30)26(2)3)14-20(21)25-22(27)15-31-23(28)19-11-9-16-7-5-6-8-18(16)24-19/h5-12,14H,4,13,15H2,1-3H3. The van der Waals surface area contributed by atoms with E-state index in [0.717, 1.165) is 27.1 Å². The van der Waals surface area contributed by atoms with E-state index < -0.39 is 16.0 Å². The van der Waals surface area contributed by atoms with Crippen LogP contribution in [0, 0.1) is 0 Å². The van der Waals surface area contributed by atoms with Crippen molar-refractivity contribution in [3.63, 3.8) is 0 Å². The van der Waals surface area contributed by atoms with Gasteiger partial charge in [-0.3, -0.25) is 0 Å². The first-order valence-corrected chi connectivity index (χ1v) is 11.7. The molecule has 0 saturated carbocycles. The number of sulfonamides is 1. The van der Waals surface area contributed by atoms with Crippen molar-refractivity contribution in [2.24, 2.45) is 0 Å². The first-order valence-electron chi connectivity index (χ1n) is 10.3. The minimum Gasteiger partial charge on any atom is -0.453 e. The molecule has 0 atom stereocenters. The molecule has 0 aliphatic heterocycles. The van der Waals surface area contributed by atoms with Gasteiger partial charge >= 0.3 is 5.97 Å². The zero-order valence-electron chi connectivity index (χ0n) is 18.1. The summed E-state index contributed by atoms with van der Waals surface area (Å²) in [6.45, 7) is 2.65. The summed E-state index contributed by atoms with van der Waals surface area (Å²) >= 11 is 0. The molecular formula is C23H24N4O4S. The van der Waals surface area contributed by atoms with E-state index in [1.807, 2.05) is 41.8 Å². The molecule has 0 bridgehead atoms. The Bertz CT molecular complexity index is 1410. The second kappa shape index (κ2) is 8.68. The summed E-state index contributed by atoms with van der Waals surface area (Å²) in [7, 11) is -0.599. The largest absolute Gasteiger partial charge is 0.453 e. The maximum Gasteiger partial charge on any atom is 0.357 e. The number of carbonyl (C=O) groups excluding carboxylic acids is 1. The fourth-order valence-corrected chi connectivity index (χ4v) is 4.42. The van der Waals surface area contributed by atoms with Crippen molar-refractivity contribution in [1.82, 2.24) is 18.8 Å². The fraction of sp³-hybridized carbons (Fsp3) is 0.261. The van der Waals surface area contributed by atoms with E-state index in [-0.39, 0.29) is 17.2 Å². The number of hydrogen-bond donors (Lipinski definition) is 0. The van der Waals surface area contributed by atoms with Crippen molar-refractivity contribution in [1.29, 1.82) is 0 Å². The molecule has 4 rings (SSSR count). The lowest BCUT2D eigenvalue weighted by atomic mass is 10.2. The SMILES string of the molecule is CCCn1c(COC(=O)c2ccc3ccccc3n2)nc2cc(S(=O)(=O)N(C)C)ccc21. The third-order valence-corrected chi connectivity index (χ3v) is 6.98. The summed E-state index contributed by atoms with van der Waals surface area (Å²) in [4.78, 5) is 21.7. The monoisotopic (exact) mass is 452 g/mol. The van der Waals surface area contributed by atoms with Crippen molar-refractivity contribution in [2.75, 3.05) is 14.1 Å². The average Bonchev–Trinajstić information content (AvgIpc) is 3.14. The lowest BCUT2D eigenvalue weighted by Gasteiger charge is -2.11. The molecule has 0 amide bonds. The Hall–Kier alpha value is -3.30. The molecule has 9 heteroatoms. The number of hydrogen-bond acceptors (Lipinski definition) is 6. The van der Waals surface area contributed by atoms with Crippen molar-refractivity contribution in [3.8, 4) is 0 Å². The van der Waals surface area contributed by atoms with Gasteiger partial charge in [0.05, 0.1) is 21.4 Å². The van der Waals surface area contributed by atoms with Gasteiger partial charge in [-0.25, -0.2) is 27.5 Å². The van der Waals surface area contributed by atoms with Gasteiger partial charge in [0.15, 0.2) is 0 Å². The first-order chi connectivity index (χ1) is 15.3. The molecule has 0 aliphatic rings. The maximum atomic E-state index is 12.6. The van der Waals surface area contributed by atoms with Crippen LogP contribution in [0.15, 0.2) is 59.5 Å². The Kier molecular flexibility index (Phi) is 5.94. The summed E-state index contributed by atoms with van der Waals surface area (Å²) in [6.07, 6.45) is 0.844. The number of rotatable bonds is 7. The van der Waals surface area contributed by atoms with E-state index in [4.69, 9.17) is 4.74 Å². The molecule has 0 fully saturated rings. The molecule has 2 aromatic heterocycles. The molecule has 0 aliphatic carbocycles. The minimum atomic E-state index is -3.57. The number of aromatic nitrogens is 3. The first kappa shape index (κ1) is 21.9. The lowest BCUT2D eigenvalue weighted by Crippen LogP contribution is -2.22. The second-order valence-corrected chi connectivity index (χ2v) is 9.73. The van der Waals surface area contributed by atoms with E-state index >= 15 is 0 Å². The Labute approximate surface area is 186 Å². The highest BCUT2D eigenvalue weighted by molar-refractivity contribution is 7.89. The third kappa shape index (κ3) is 4.09. The van der Waals surface area contributed by atoms with Crippen molar-refractivity contribution >= 4 is 37.9 Å². The van der Waals surface area contributed by atoms with Crippen LogP contribution in [-0.2, 0) is 27.9 Å². The van der Waals surface area contributed by atoms with Gasteiger partial charge < -0.3 is 9.30 Å². The number of nitrogens with zero attached hydrogens (tertiary/aromatic N) is 4. The zero-order chi connectivity index (χ0) is 22.9. The van der Waals surface area contributed by atoms with Gasteiger partial charge in [-0.15, -0.1) is 0 Å². The summed E-state index contributed by atoms with van der Waals surface area (Å²) in [5.41, 5.74) is 2.27. The van der Waals surface area contributed by atoms with Crippen LogP contribution >= 0.6 is 0 Å². The fourth-order valence-electron chi connectivity index (χ4n) is 3.50. The molecule has 0 radical (unpaired) electrons. The van der Waals surface area contributed by atoms with Gasteiger partial charge in [0, 0.05) is 26.0 Å². The van der Waals surface area contributed by atoms with Gasteiger partial charge in [0.25, 0.3) is 0 Å². The molecule has 0 N–H and O–H groups in total. The van der Waals surface area contributed by atoms with E-state index in [1.165, 1.54) is 14.1 Å². The molecule has 0 spiro atoms. The molecule has 32 heavy (non-hydrogen) atoms. The van der Waals surface area contributed by atoms with Crippen LogP contribution in [0.5, 0.6) is 0 Å². The summed E-state index contributed by atoms with van der Waals surface area (Å²) < 4.78 is 33.6. The van der Waals surface area contributed by atoms with Crippen molar-refractivity contribution < 1.29 is 17.9 Å². The van der Waals surface area contributed by atoms with Gasteiger partial charge in [0.2, 0.25) is 10.0 Å². The highest BCUT2D eigenvalue weighted by Gasteiger charge is 2.20. The van der Waals surface area contributed by atoms with Gasteiger partial charge in [-0.2, -0.15) is 0 Å². The normalized spacial score (nSPS) is 12.0. The van der Waals surface area contributed by atoms with Crippen molar-refractivity contribution in [2.45, 2.75) is 31.4 Å². The van der Waals surface area contributed by atoms with Crippen LogP contribution in [0.4, 0.5) is 0 Å². The predicted octanol–water partition coefficient (Wildman–Crippen LogP) is 3.60. The Morgan fingerprint density at radius 2 is 1.81 bits per heavy atom. The predicted molar refractivity (Wildman–Crippen MR) is 122 cm³/mol. The van der Waals surface area contributed by atoms with Gasteiger partial charge in [0.1, 0.15) is 18.1 Å². The molecule has 4 aromatic rings. The third-order valence-electron chi connectivity index (χ3n) is 5.16. The number of pyridine rings is 1. The van der Waals surface area contributed by atoms with Crippen LogP contribution in [0.1, 0.15) is 29.7 Å². The Morgan fingerprint density at radius 1 is 1.03 bits per heavy atom. The Morgan fingerprint density at radius 3 is 2.56 bits per heavy atom. The number of imidazole rings is 1. The number of benzene rings is 2. The van der Waals surface area contributed by atoms with Crippen LogP contribution in [0.2, 0.25) is 0 Å². The number of esters is 1. The molecule has 2 aromatic carbocycles. The summed E-state index contributed by atoms with van der Waals surface area (Å²) in [5.74, 6) is 0.0112. The van der Waals surface area contributed by atoms with E-state index in [0.29, 0.717) is 17.9 Å². The van der Waals surface area contributed by atoms with E-state index in [1.54, 1.807) is 24.3 Å². The number of fused-ring (bicyclic) bond motifs is 2. The molecule has 0 saturated heterocycles. The molecule has 0 unspecified atom stereocenters. The molecule has 2 heterocycles. The smallest absolute Gasteiger partial charge is 0.357 e. The quantitative estimate of drug-likeness (QED) is 0.398. The van der Waals surface area contributed by atoms with E-state index in [9.17, 15) is 13.2 Å². The number of para-hydroxylation sites is 1. The van der Waals surface area contributed by atoms with Crippen LogP contribution in [0.25, 0.3) is 21.9 Å². The molecule has 8 nitrogen and oxygen atoms in total. The number of aryl methyl sites for hydroxylation is 1. The minimum absolute atomic E-state index is 0.0439. The van der Waals surface area contributed by atoms with Crippen LogP contribution < -0.4 is 0 Å². The number of ether oxygens (including phenoxy) is 1. The van der Waals surface area contributed by atoms with E-state index in [2.05, 4.69) is 9.97 Å². The second-order valence-electron chi connectivity index (χ2n) is 7.58. The maximum absolute atomic E-state index is 12.6. The lowest BCUT2D eigenvalue weighted by molar-refractivity contribution is 0.0452. The summed E-state index contributed by atoms with van der Waals surface area (Å²) in [6, 6.07) is 15.9. The molecule has 166 valence electrons. The van der Waals surface area contributed by atoms with Crippen molar-refractivity contribution in [3.05, 3.63) is 66.1 Å². The van der Waals surface area contributed by atoms with Crippen LogP contribution in [-0.4, -0.2) is 47.3 Å². The Balaban J connectivity index is 1.62. The highest BCUT2D eigenvalue weighted by atomic mass is 32.2. The number of carbonyl (C=O) groups is 1. The van der Waals surface area contributed by atoms with Crippen LogP contribution in [0.3, 0.4) is 0 Å². The molecular weight excluding hydrogens is 428 g/mol.